The van der Waals surface area contributed by atoms with E-state index in [2.05, 4.69) is 4.98 Å². The second-order valence-electron chi connectivity index (χ2n) is 2.90. The summed E-state index contributed by atoms with van der Waals surface area (Å²) >= 11 is 0. The average Bonchev–Trinajstić information content (AvgIpc) is 2.49. The molecule has 0 amide bonds. The maximum absolute atomic E-state index is 10.3. The number of fused-ring (bicyclic) bond motifs is 1. The van der Waals surface area contributed by atoms with Crippen LogP contribution in [0.3, 0.4) is 0 Å². The van der Waals surface area contributed by atoms with E-state index in [9.17, 15) is 9.90 Å². The van der Waals surface area contributed by atoms with Gasteiger partial charge in [-0.25, -0.2) is 0 Å². The first-order valence-electron chi connectivity index (χ1n) is 4.04. The molecule has 0 unspecified atom stereocenters. The summed E-state index contributed by atoms with van der Waals surface area (Å²) < 4.78 is 0. The number of aromatic amines is 1. The summed E-state index contributed by atoms with van der Waals surface area (Å²) in [5.74, 6) is 0.242. The van der Waals surface area contributed by atoms with Crippen LogP contribution in [0.1, 0.15) is 5.69 Å². The minimum Gasteiger partial charge on any atom is -0.507 e. The Hall–Kier alpha value is -1.77. The molecule has 3 nitrogen and oxygen atoms in total. The van der Waals surface area contributed by atoms with Crippen LogP contribution in [-0.4, -0.2) is 16.4 Å². The van der Waals surface area contributed by atoms with E-state index in [1.165, 1.54) is 0 Å². The topological polar surface area (TPSA) is 53.1 Å². The van der Waals surface area contributed by atoms with E-state index in [0.717, 1.165) is 22.9 Å². The third-order valence-electron chi connectivity index (χ3n) is 2.00. The highest BCUT2D eigenvalue weighted by molar-refractivity contribution is 5.86. The summed E-state index contributed by atoms with van der Waals surface area (Å²) in [4.78, 5) is 13.3. The van der Waals surface area contributed by atoms with Crippen LogP contribution in [0.5, 0.6) is 5.75 Å². The molecule has 2 N–H and O–H groups in total. The molecule has 0 spiro atoms. The number of rotatable bonds is 2. The van der Waals surface area contributed by atoms with Crippen LogP contribution >= 0.6 is 0 Å². The van der Waals surface area contributed by atoms with Gasteiger partial charge in [0.15, 0.2) is 0 Å². The first-order valence-corrected chi connectivity index (χ1v) is 4.04. The maximum atomic E-state index is 10.3. The van der Waals surface area contributed by atoms with E-state index in [1.54, 1.807) is 18.2 Å². The van der Waals surface area contributed by atoms with E-state index in [0.29, 0.717) is 6.42 Å². The van der Waals surface area contributed by atoms with Crippen molar-refractivity contribution in [2.45, 2.75) is 6.42 Å². The van der Waals surface area contributed by atoms with Crippen molar-refractivity contribution >= 4 is 17.2 Å². The number of phenols is 1. The first-order chi connectivity index (χ1) is 6.31. The normalized spacial score (nSPS) is 10.5. The Bertz CT molecular complexity index is 445. The van der Waals surface area contributed by atoms with E-state index in [4.69, 9.17) is 0 Å². The second-order valence-corrected chi connectivity index (χ2v) is 2.90. The molecule has 0 fully saturated rings. The van der Waals surface area contributed by atoms with Gasteiger partial charge < -0.3 is 14.9 Å². The number of aromatic hydroxyl groups is 1. The summed E-state index contributed by atoms with van der Waals surface area (Å²) in [5.41, 5.74) is 1.68. The predicted molar refractivity (Wildman–Crippen MR) is 49.7 cm³/mol. The maximum Gasteiger partial charge on any atom is 0.125 e. The minimum absolute atomic E-state index is 0.242. The zero-order valence-electron chi connectivity index (χ0n) is 6.95. The van der Waals surface area contributed by atoms with Gasteiger partial charge in [0.1, 0.15) is 12.0 Å². The molecule has 0 radical (unpaired) electrons. The van der Waals surface area contributed by atoms with Crippen molar-refractivity contribution in [2.75, 3.05) is 0 Å². The third kappa shape index (κ3) is 1.28. The lowest BCUT2D eigenvalue weighted by molar-refractivity contribution is -0.107. The van der Waals surface area contributed by atoms with Gasteiger partial charge in [-0.1, -0.05) is 6.07 Å². The zero-order valence-corrected chi connectivity index (χ0v) is 6.95. The molecule has 3 heteroatoms. The number of carbonyl (C=O) groups is 1. The SMILES string of the molecule is O=CCc1cc2c(O)cccc2[nH]1. The molecule has 13 heavy (non-hydrogen) atoms. The van der Waals surface area contributed by atoms with Crippen molar-refractivity contribution in [2.24, 2.45) is 0 Å². The van der Waals surface area contributed by atoms with Crippen molar-refractivity contribution in [1.82, 2.24) is 4.98 Å². The van der Waals surface area contributed by atoms with Crippen molar-refractivity contribution in [3.8, 4) is 5.75 Å². The molecular weight excluding hydrogens is 166 g/mol. The van der Waals surface area contributed by atoms with E-state index >= 15 is 0 Å². The highest BCUT2D eigenvalue weighted by Crippen LogP contribution is 2.24. The van der Waals surface area contributed by atoms with E-state index in [1.807, 2.05) is 6.07 Å². The smallest absolute Gasteiger partial charge is 0.125 e. The Kier molecular flexibility index (Phi) is 1.77. The Balaban J connectivity index is 2.61. The molecule has 2 aromatic rings. The fourth-order valence-electron chi connectivity index (χ4n) is 1.40. The zero-order chi connectivity index (χ0) is 9.26. The third-order valence-corrected chi connectivity index (χ3v) is 2.00. The highest BCUT2D eigenvalue weighted by Gasteiger charge is 2.02. The van der Waals surface area contributed by atoms with Crippen LogP contribution < -0.4 is 0 Å². The van der Waals surface area contributed by atoms with Crippen molar-refractivity contribution in [3.63, 3.8) is 0 Å². The summed E-state index contributed by atoms with van der Waals surface area (Å²) in [6.45, 7) is 0. The molecule has 0 saturated carbocycles. The molecule has 0 saturated heterocycles. The number of aldehydes is 1. The summed E-state index contributed by atoms with van der Waals surface area (Å²) in [5, 5.41) is 10.2. The molecule has 1 aromatic heterocycles. The lowest BCUT2D eigenvalue weighted by Gasteiger charge is -1.91. The van der Waals surface area contributed by atoms with Crippen LogP contribution in [0, 0.1) is 0 Å². The number of nitrogens with one attached hydrogen (secondary N) is 1. The van der Waals surface area contributed by atoms with Gasteiger partial charge in [0, 0.05) is 23.0 Å². The van der Waals surface area contributed by atoms with Gasteiger partial charge in [-0.05, 0) is 18.2 Å². The highest BCUT2D eigenvalue weighted by atomic mass is 16.3. The van der Waals surface area contributed by atoms with Gasteiger partial charge in [-0.15, -0.1) is 0 Å². The van der Waals surface area contributed by atoms with Crippen LogP contribution in [0.2, 0.25) is 0 Å². The lowest BCUT2D eigenvalue weighted by atomic mass is 10.2. The van der Waals surface area contributed by atoms with Crippen LogP contribution in [0.25, 0.3) is 10.9 Å². The lowest BCUT2D eigenvalue weighted by Crippen LogP contribution is -1.83. The van der Waals surface area contributed by atoms with Crippen molar-refractivity contribution < 1.29 is 9.90 Å². The molecule has 66 valence electrons. The Morgan fingerprint density at radius 1 is 1.46 bits per heavy atom. The summed E-state index contributed by atoms with van der Waals surface area (Å²) in [6.07, 6.45) is 1.19. The largest absolute Gasteiger partial charge is 0.507 e. The molecule has 0 aliphatic rings. The second kappa shape index (κ2) is 2.94. The van der Waals surface area contributed by atoms with Gasteiger partial charge >= 0.3 is 0 Å². The molecule has 2 rings (SSSR count). The predicted octanol–water partition coefficient (Wildman–Crippen LogP) is 1.61. The number of carbonyl (C=O) groups excluding carboxylic acids is 1. The quantitative estimate of drug-likeness (QED) is 0.681. The number of H-pyrrole nitrogens is 1. The number of hydrogen-bond donors (Lipinski definition) is 2. The molecule has 0 aliphatic heterocycles. The number of benzene rings is 1. The molecule has 0 bridgehead atoms. The molecule has 0 atom stereocenters. The van der Waals surface area contributed by atoms with E-state index < -0.39 is 0 Å². The van der Waals surface area contributed by atoms with Crippen LogP contribution in [0.15, 0.2) is 24.3 Å². The minimum atomic E-state index is 0.242. The van der Waals surface area contributed by atoms with Crippen molar-refractivity contribution in [1.29, 1.82) is 0 Å². The average molecular weight is 175 g/mol. The summed E-state index contributed by atoms with van der Waals surface area (Å²) in [6, 6.07) is 7.04. The van der Waals surface area contributed by atoms with Crippen molar-refractivity contribution in [3.05, 3.63) is 30.0 Å². The van der Waals surface area contributed by atoms with Crippen LogP contribution in [0.4, 0.5) is 0 Å². The fourth-order valence-corrected chi connectivity index (χ4v) is 1.40. The van der Waals surface area contributed by atoms with Gasteiger partial charge in [-0.2, -0.15) is 0 Å². The fraction of sp³-hybridized carbons (Fsp3) is 0.100. The summed E-state index contributed by atoms with van der Waals surface area (Å²) in [7, 11) is 0. The number of hydrogen-bond acceptors (Lipinski definition) is 2. The Morgan fingerprint density at radius 2 is 2.31 bits per heavy atom. The first kappa shape index (κ1) is 7.86. The van der Waals surface area contributed by atoms with Gasteiger partial charge in [0.05, 0.1) is 0 Å². The van der Waals surface area contributed by atoms with E-state index in [-0.39, 0.29) is 5.75 Å². The number of aromatic nitrogens is 1. The standard InChI is InChI=1S/C10H9NO2/c12-5-4-7-6-8-9(11-7)2-1-3-10(8)13/h1-3,5-6,11,13H,4H2. The molecule has 1 heterocycles. The molecule has 0 aliphatic carbocycles. The van der Waals surface area contributed by atoms with Gasteiger partial charge in [0.25, 0.3) is 0 Å². The monoisotopic (exact) mass is 175 g/mol. The van der Waals surface area contributed by atoms with Crippen LogP contribution in [-0.2, 0) is 11.2 Å². The Labute approximate surface area is 75.0 Å². The molecular formula is C10H9NO2. The Morgan fingerprint density at radius 3 is 3.00 bits per heavy atom. The van der Waals surface area contributed by atoms with Gasteiger partial charge in [0.2, 0.25) is 0 Å². The molecule has 1 aromatic carbocycles. The van der Waals surface area contributed by atoms with Gasteiger partial charge in [-0.3, -0.25) is 0 Å². The number of phenolic OH excluding ortho intramolecular Hbond substituents is 1.